The fourth-order valence-electron chi connectivity index (χ4n) is 3.09. The molecule has 0 bridgehead atoms. The van der Waals surface area contributed by atoms with E-state index < -0.39 is 0 Å². The number of hydrogen-bond donors (Lipinski definition) is 2. The number of aromatic amines is 1. The third-order valence-corrected chi connectivity index (χ3v) is 4.70. The van der Waals surface area contributed by atoms with Gasteiger partial charge in [0, 0.05) is 24.2 Å². The molecule has 1 aliphatic rings. The topological polar surface area (TPSA) is 71.2 Å². The van der Waals surface area contributed by atoms with Gasteiger partial charge in [0.05, 0.1) is 12.5 Å². The molecular formula is C19H24N2O3. The molecule has 1 aliphatic heterocycles. The van der Waals surface area contributed by atoms with Crippen LogP contribution < -0.4 is 10.9 Å². The molecule has 1 saturated heterocycles. The predicted octanol–water partition coefficient (Wildman–Crippen LogP) is 2.72. The van der Waals surface area contributed by atoms with E-state index in [9.17, 15) is 9.59 Å². The summed E-state index contributed by atoms with van der Waals surface area (Å²) in [6.07, 6.45) is 3.50. The van der Waals surface area contributed by atoms with Crippen molar-refractivity contribution in [1.29, 1.82) is 0 Å². The van der Waals surface area contributed by atoms with Crippen molar-refractivity contribution in [1.82, 2.24) is 10.3 Å². The van der Waals surface area contributed by atoms with Gasteiger partial charge in [0.15, 0.2) is 0 Å². The van der Waals surface area contributed by atoms with Crippen LogP contribution in [-0.2, 0) is 16.1 Å². The van der Waals surface area contributed by atoms with E-state index in [1.165, 1.54) is 5.56 Å². The molecule has 1 aromatic carbocycles. The molecule has 1 unspecified atom stereocenters. The third-order valence-electron chi connectivity index (χ3n) is 4.70. The average Bonchev–Trinajstić information content (AvgIpc) is 2.56. The molecule has 0 saturated carbocycles. The molecule has 1 aromatic heterocycles. The number of carbonyl (C=O) groups is 1. The second-order valence-electron chi connectivity index (χ2n) is 6.62. The van der Waals surface area contributed by atoms with Crippen molar-refractivity contribution in [3.63, 3.8) is 0 Å². The van der Waals surface area contributed by atoms with E-state index in [1.54, 1.807) is 0 Å². The van der Waals surface area contributed by atoms with Crippen LogP contribution in [0.2, 0.25) is 0 Å². The van der Waals surface area contributed by atoms with Gasteiger partial charge in [-0.2, -0.15) is 0 Å². The second kappa shape index (κ2) is 7.18. The lowest BCUT2D eigenvalue weighted by molar-refractivity contribution is -0.125. The summed E-state index contributed by atoms with van der Waals surface area (Å²) in [6.45, 7) is 5.05. The molecule has 0 spiro atoms. The third kappa shape index (κ3) is 3.85. The van der Waals surface area contributed by atoms with Gasteiger partial charge in [0.2, 0.25) is 5.91 Å². The zero-order valence-electron chi connectivity index (χ0n) is 14.3. The minimum atomic E-state index is -0.153. The average molecular weight is 328 g/mol. The number of rotatable bonds is 4. The Kier molecular flexibility index (Phi) is 5.00. The molecule has 1 fully saturated rings. The number of carbonyl (C=O) groups excluding carboxylic acids is 1. The number of H-pyrrole nitrogens is 1. The molecule has 2 N–H and O–H groups in total. The van der Waals surface area contributed by atoms with Gasteiger partial charge >= 0.3 is 0 Å². The highest BCUT2D eigenvalue weighted by atomic mass is 16.5. The normalized spacial score (nSPS) is 17.8. The quantitative estimate of drug-likeness (QED) is 0.906. The zero-order chi connectivity index (χ0) is 17.1. The summed E-state index contributed by atoms with van der Waals surface area (Å²) in [5.74, 6) is -0.0681. The minimum Gasteiger partial charge on any atom is -0.378 e. The van der Waals surface area contributed by atoms with Gasteiger partial charge in [-0.3, -0.25) is 9.59 Å². The molecule has 3 rings (SSSR count). The van der Waals surface area contributed by atoms with Gasteiger partial charge in [-0.05, 0) is 67.8 Å². The Morgan fingerprint density at radius 1 is 1.25 bits per heavy atom. The first-order chi connectivity index (χ1) is 11.5. The summed E-state index contributed by atoms with van der Waals surface area (Å²) in [7, 11) is 0. The van der Waals surface area contributed by atoms with E-state index in [0.717, 1.165) is 42.3 Å². The Balaban J connectivity index is 1.68. The Hall–Kier alpha value is -2.14. The maximum absolute atomic E-state index is 12.2. The largest absolute Gasteiger partial charge is 0.378 e. The van der Waals surface area contributed by atoms with Crippen LogP contribution in [-0.4, -0.2) is 23.6 Å². The van der Waals surface area contributed by atoms with Crippen molar-refractivity contribution in [2.75, 3.05) is 6.61 Å². The Labute approximate surface area is 141 Å². The fraction of sp³-hybridized carbons (Fsp3) is 0.474. The summed E-state index contributed by atoms with van der Waals surface area (Å²) < 4.78 is 5.58. The number of nitrogens with one attached hydrogen (secondary N) is 2. The first-order valence-electron chi connectivity index (χ1n) is 8.54. The van der Waals surface area contributed by atoms with Gasteiger partial charge in [0.1, 0.15) is 0 Å². The van der Waals surface area contributed by atoms with E-state index in [4.69, 9.17) is 4.74 Å². The number of benzene rings is 1. The van der Waals surface area contributed by atoms with E-state index in [0.29, 0.717) is 12.0 Å². The van der Waals surface area contributed by atoms with Crippen LogP contribution in [0, 0.1) is 13.8 Å². The Morgan fingerprint density at radius 2 is 2.04 bits per heavy atom. The van der Waals surface area contributed by atoms with Crippen molar-refractivity contribution >= 4 is 16.8 Å². The van der Waals surface area contributed by atoms with Crippen LogP contribution in [0.25, 0.3) is 10.9 Å². The highest BCUT2D eigenvalue weighted by Gasteiger charge is 2.17. The number of aryl methyl sites for hydroxylation is 2. The Morgan fingerprint density at radius 3 is 2.79 bits per heavy atom. The van der Waals surface area contributed by atoms with Gasteiger partial charge < -0.3 is 15.0 Å². The maximum Gasteiger partial charge on any atom is 0.253 e. The van der Waals surface area contributed by atoms with Crippen molar-refractivity contribution in [3.05, 3.63) is 45.2 Å². The first-order valence-corrected chi connectivity index (χ1v) is 8.54. The molecule has 1 amide bonds. The van der Waals surface area contributed by atoms with Crippen LogP contribution in [0.3, 0.4) is 0 Å². The standard InChI is InChI=1S/C19H24N2O3/c1-12-7-14-9-15(19(23)21-17(14)8-13(12)2)11-20-18(22)10-16-5-3-4-6-24-16/h7-9,16H,3-6,10-11H2,1-2H3,(H,20,22)(H,21,23). The number of fused-ring (bicyclic) bond motifs is 1. The molecule has 5 heteroatoms. The Bertz CT molecular complexity index is 804. The molecule has 2 aromatic rings. The van der Waals surface area contributed by atoms with E-state index in [2.05, 4.69) is 16.4 Å². The summed E-state index contributed by atoms with van der Waals surface area (Å²) >= 11 is 0. The SMILES string of the molecule is Cc1cc2cc(CNC(=O)CC3CCCCO3)c(=O)[nH]c2cc1C. The van der Waals surface area contributed by atoms with Crippen molar-refractivity contribution in [3.8, 4) is 0 Å². The van der Waals surface area contributed by atoms with Crippen LogP contribution in [0.15, 0.2) is 23.0 Å². The number of amides is 1. The molecule has 2 heterocycles. The maximum atomic E-state index is 12.2. The van der Waals surface area contributed by atoms with E-state index >= 15 is 0 Å². The minimum absolute atomic E-state index is 0.0132. The number of hydrogen-bond acceptors (Lipinski definition) is 3. The summed E-state index contributed by atoms with van der Waals surface area (Å²) in [4.78, 5) is 27.2. The highest BCUT2D eigenvalue weighted by Crippen LogP contribution is 2.18. The number of pyridine rings is 1. The number of aromatic nitrogens is 1. The van der Waals surface area contributed by atoms with E-state index in [1.807, 2.05) is 26.0 Å². The molecule has 0 radical (unpaired) electrons. The van der Waals surface area contributed by atoms with Crippen LogP contribution in [0.4, 0.5) is 0 Å². The van der Waals surface area contributed by atoms with Gasteiger partial charge in [-0.15, -0.1) is 0 Å². The van der Waals surface area contributed by atoms with Gasteiger partial charge in [0.25, 0.3) is 5.56 Å². The van der Waals surface area contributed by atoms with Crippen molar-refractivity contribution in [2.24, 2.45) is 0 Å². The van der Waals surface area contributed by atoms with Crippen LogP contribution in [0.5, 0.6) is 0 Å². The summed E-state index contributed by atoms with van der Waals surface area (Å²) in [6, 6.07) is 5.90. The lowest BCUT2D eigenvalue weighted by atomic mass is 10.0. The van der Waals surface area contributed by atoms with Gasteiger partial charge in [-0.1, -0.05) is 0 Å². The molecule has 128 valence electrons. The molecule has 0 aliphatic carbocycles. The van der Waals surface area contributed by atoms with Gasteiger partial charge in [-0.25, -0.2) is 0 Å². The molecular weight excluding hydrogens is 304 g/mol. The summed E-state index contributed by atoms with van der Waals surface area (Å²) in [5, 5.41) is 3.82. The first kappa shape index (κ1) is 16.7. The van der Waals surface area contributed by atoms with Crippen molar-refractivity contribution < 1.29 is 9.53 Å². The smallest absolute Gasteiger partial charge is 0.253 e. The second-order valence-corrected chi connectivity index (χ2v) is 6.62. The van der Waals surface area contributed by atoms with Crippen LogP contribution >= 0.6 is 0 Å². The zero-order valence-corrected chi connectivity index (χ0v) is 14.3. The van der Waals surface area contributed by atoms with E-state index in [-0.39, 0.29) is 24.1 Å². The monoisotopic (exact) mass is 328 g/mol. The lowest BCUT2D eigenvalue weighted by Gasteiger charge is -2.21. The summed E-state index contributed by atoms with van der Waals surface area (Å²) in [5.41, 5.74) is 3.57. The molecule has 5 nitrogen and oxygen atoms in total. The fourth-order valence-corrected chi connectivity index (χ4v) is 3.09. The van der Waals surface area contributed by atoms with Crippen LogP contribution in [0.1, 0.15) is 42.4 Å². The lowest BCUT2D eigenvalue weighted by Crippen LogP contribution is -2.31. The number of ether oxygens (including phenoxy) is 1. The predicted molar refractivity (Wildman–Crippen MR) is 94.1 cm³/mol. The highest BCUT2D eigenvalue weighted by molar-refractivity contribution is 5.81. The molecule has 1 atom stereocenters. The van der Waals surface area contributed by atoms with Crippen molar-refractivity contribution in [2.45, 2.75) is 52.2 Å². The molecule has 24 heavy (non-hydrogen) atoms.